The first kappa shape index (κ1) is 21.6. The number of likely N-dealkylation sites (tertiary alicyclic amines) is 1. The topological polar surface area (TPSA) is 74.6 Å². The number of nitrogens with zero attached hydrogens (tertiary/aromatic N) is 1. The Labute approximate surface area is 191 Å². The summed E-state index contributed by atoms with van der Waals surface area (Å²) in [6.07, 6.45) is 7.05. The molecule has 1 aliphatic carbocycles. The van der Waals surface area contributed by atoms with Crippen molar-refractivity contribution in [2.24, 2.45) is 0 Å². The van der Waals surface area contributed by atoms with E-state index in [9.17, 15) is 9.59 Å². The smallest absolute Gasteiger partial charge is 0.268 e. The Morgan fingerprint density at radius 2 is 1.81 bits per heavy atom. The summed E-state index contributed by atoms with van der Waals surface area (Å²) >= 11 is 6.96. The molecule has 6 nitrogen and oxygen atoms in total. The maximum atomic E-state index is 12.7. The van der Waals surface area contributed by atoms with Crippen molar-refractivity contribution in [1.29, 1.82) is 0 Å². The van der Waals surface area contributed by atoms with Crippen molar-refractivity contribution in [3.63, 3.8) is 0 Å². The van der Waals surface area contributed by atoms with Crippen LogP contribution in [-0.2, 0) is 4.79 Å². The van der Waals surface area contributed by atoms with Crippen molar-refractivity contribution in [1.82, 2.24) is 15.5 Å². The van der Waals surface area contributed by atoms with E-state index in [2.05, 4.69) is 15.5 Å². The highest BCUT2D eigenvalue weighted by Gasteiger charge is 2.26. The number of benzene rings is 1. The zero-order valence-corrected chi connectivity index (χ0v) is 18.8. The number of amides is 2. The fourth-order valence-electron chi connectivity index (χ4n) is 3.27. The van der Waals surface area contributed by atoms with Crippen LogP contribution in [0.2, 0.25) is 0 Å². The molecule has 2 fully saturated rings. The third kappa shape index (κ3) is 6.21. The molecule has 4 rings (SSSR count). The molecule has 2 heterocycles. The Morgan fingerprint density at radius 1 is 1.06 bits per heavy atom. The fourth-order valence-corrected chi connectivity index (χ4v) is 4.46. The van der Waals surface area contributed by atoms with E-state index in [1.165, 1.54) is 18.2 Å². The molecule has 1 aromatic heterocycles. The van der Waals surface area contributed by atoms with Crippen molar-refractivity contribution < 1.29 is 14.0 Å². The molecule has 1 aliphatic heterocycles. The zero-order valence-electron chi connectivity index (χ0n) is 17.1. The van der Waals surface area contributed by atoms with Crippen LogP contribution in [0.5, 0.6) is 0 Å². The molecule has 0 bridgehead atoms. The molecule has 2 aliphatic rings. The molecule has 0 atom stereocenters. The first-order valence-corrected chi connectivity index (χ1v) is 11.8. The number of carbonyl (C=O) groups excluding carboxylic acids is 2. The fraction of sp³-hybridized carbons (Fsp3) is 0.348. The Morgan fingerprint density at radius 3 is 2.52 bits per heavy atom. The van der Waals surface area contributed by atoms with E-state index in [0.29, 0.717) is 16.4 Å². The second kappa shape index (κ2) is 10.2. The molecule has 2 amide bonds. The summed E-state index contributed by atoms with van der Waals surface area (Å²) in [5.74, 6) is -0.176. The highest BCUT2D eigenvalue weighted by molar-refractivity contribution is 8.22. The van der Waals surface area contributed by atoms with E-state index < -0.39 is 0 Å². The van der Waals surface area contributed by atoms with Gasteiger partial charge in [-0.3, -0.25) is 9.59 Å². The first-order valence-electron chi connectivity index (χ1n) is 10.5. The van der Waals surface area contributed by atoms with Crippen LogP contribution >= 0.6 is 24.0 Å². The van der Waals surface area contributed by atoms with E-state index in [0.717, 1.165) is 43.1 Å². The molecule has 2 N–H and O–H groups in total. The molecular formula is C23H25N3O3S2. The van der Waals surface area contributed by atoms with Gasteiger partial charge >= 0.3 is 0 Å². The lowest BCUT2D eigenvalue weighted by atomic mass is 10.1. The number of piperidine rings is 1. The minimum atomic E-state index is -0.342. The summed E-state index contributed by atoms with van der Waals surface area (Å²) in [7, 11) is 0. The molecule has 0 unspecified atom stereocenters. The van der Waals surface area contributed by atoms with Crippen LogP contribution in [0.1, 0.15) is 48.2 Å². The molecule has 0 radical (unpaired) electrons. The lowest BCUT2D eigenvalue weighted by molar-refractivity contribution is -0.117. The minimum Gasteiger partial charge on any atom is -0.450 e. The van der Waals surface area contributed by atoms with Crippen LogP contribution in [0, 0.1) is 0 Å². The highest BCUT2D eigenvalue weighted by atomic mass is 32.2. The van der Waals surface area contributed by atoms with Crippen molar-refractivity contribution in [2.45, 2.75) is 43.2 Å². The molecule has 31 heavy (non-hydrogen) atoms. The monoisotopic (exact) mass is 455 g/mol. The number of hydrogen-bond acceptors (Lipinski definition) is 5. The van der Waals surface area contributed by atoms with Gasteiger partial charge in [-0.2, -0.15) is 0 Å². The van der Waals surface area contributed by atoms with Crippen molar-refractivity contribution in [3.8, 4) is 0 Å². The average molecular weight is 456 g/mol. The summed E-state index contributed by atoms with van der Waals surface area (Å²) in [5.41, 5.74) is 0.639. The summed E-state index contributed by atoms with van der Waals surface area (Å²) in [4.78, 5) is 27.5. The number of nitrogens with one attached hydrogen (secondary N) is 2. The maximum absolute atomic E-state index is 12.7. The van der Waals surface area contributed by atoms with Gasteiger partial charge in [0.25, 0.3) is 11.8 Å². The summed E-state index contributed by atoms with van der Waals surface area (Å²) in [5, 5.41) is 6.31. The van der Waals surface area contributed by atoms with Crippen LogP contribution in [0.3, 0.4) is 0 Å². The molecule has 2 aromatic rings. The quantitative estimate of drug-likeness (QED) is 0.387. The van der Waals surface area contributed by atoms with Crippen LogP contribution in [0.4, 0.5) is 0 Å². The SMILES string of the molecule is O=C(NC1CC1)/C(=C/c1ccc(SC(=S)N2CCCCC2)o1)NC(=O)c1ccccc1. The second-order valence-electron chi connectivity index (χ2n) is 7.70. The number of thioether (sulfide) groups is 1. The minimum absolute atomic E-state index is 0.158. The number of carbonyl (C=O) groups is 2. The third-order valence-corrected chi connectivity index (χ3v) is 6.49. The third-order valence-electron chi connectivity index (χ3n) is 5.13. The predicted molar refractivity (Wildman–Crippen MR) is 126 cm³/mol. The van der Waals surface area contributed by atoms with Gasteiger partial charge in [-0.05, 0) is 68.1 Å². The molecular weight excluding hydrogens is 430 g/mol. The van der Waals surface area contributed by atoms with Crippen LogP contribution in [-0.4, -0.2) is 40.2 Å². The van der Waals surface area contributed by atoms with Gasteiger partial charge in [-0.15, -0.1) is 0 Å². The number of rotatable bonds is 6. The maximum Gasteiger partial charge on any atom is 0.268 e. The van der Waals surface area contributed by atoms with Crippen molar-refractivity contribution in [3.05, 3.63) is 59.5 Å². The zero-order chi connectivity index (χ0) is 21.6. The highest BCUT2D eigenvalue weighted by Crippen LogP contribution is 2.27. The Balaban J connectivity index is 1.46. The normalized spacial score (nSPS) is 16.6. The number of furan rings is 1. The van der Waals surface area contributed by atoms with E-state index in [1.54, 1.807) is 36.4 Å². The van der Waals surface area contributed by atoms with Crippen molar-refractivity contribution >= 4 is 46.2 Å². The van der Waals surface area contributed by atoms with Gasteiger partial charge in [0, 0.05) is 30.8 Å². The van der Waals surface area contributed by atoms with Gasteiger partial charge in [0.1, 0.15) is 15.8 Å². The Kier molecular flexibility index (Phi) is 7.09. The molecule has 1 saturated heterocycles. The summed E-state index contributed by atoms with van der Waals surface area (Å²) in [6, 6.07) is 12.6. The van der Waals surface area contributed by atoms with Crippen LogP contribution < -0.4 is 10.6 Å². The molecule has 1 saturated carbocycles. The van der Waals surface area contributed by atoms with Gasteiger partial charge < -0.3 is 20.0 Å². The van der Waals surface area contributed by atoms with Gasteiger partial charge in [0.05, 0.1) is 0 Å². The second-order valence-corrected chi connectivity index (χ2v) is 9.34. The molecule has 162 valence electrons. The van der Waals surface area contributed by atoms with Crippen LogP contribution in [0.15, 0.2) is 57.7 Å². The lowest BCUT2D eigenvalue weighted by Gasteiger charge is -2.27. The van der Waals surface area contributed by atoms with E-state index in [1.807, 2.05) is 12.1 Å². The Bertz CT molecular complexity index is 977. The van der Waals surface area contributed by atoms with Gasteiger partial charge in [0.15, 0.2) is 5.09 Å². The van der Waals surface area contributed by atoms with E-state index in [4.69, 9.17) is 16.6 Å². The van der Waals surface area contributed by atoms with Gasteiger partial charge in [-0.1, -0.05) is 30.4 Å². The van der Waals surface area contributed by atoms with Gasteiger partial charge in [0.2, 0.25) is 0 Å². The van der Waals surface area contributed by atoms with E-state index in [-0.39, 0.29) is 23.6 Å². The molecule has 0 spiro atoms. The van der Waals surface area contributed by atoms with Crippen molar-refractivity contribution in [2.75, 3.05) is 13.1 Å². The number of hydrogen-bond donors (Lipinski definition) is 2. The largest absolute Gasteiger partial charge is 0.450 e. The van der Waals surface area contributed by atoms with Gasteiger partial charge in [-0.25, -0.2) is 0 Å². The summed E-state index contributed by atoms with van der Waals surface area (Å²) < 4.78 is 6.67. The molecule has 1 aromatic carbocycles. The number of thiocarbonyl (C=S) groups is 1. The molecule has 8 heteroatoms. The first-order chi connectivity index (χ1) is 15.1. The average Bonchev–Trinajstić information content (AvgIpc) is 3.51. The predicted octanol–water partition coefficient (Wildman–Crippen LogP) is 4.19. The standard InChI is InChI=1S/C23H25N3O3S2/c27-21(16-7-3-1-4-8-16)25-19(22(28)24-17-9-10-17)15-18-11-12-20(29-18)31-23(30)26-13-5-2-6-14-26/h1,3-4,7-8,11-12,15,17H,2,5-6,9-10,13-14H2,(H,24,28)(H,25,27)/b19-15-. The Hall–Kier alpha value is -2.58. The van der Waals surface area contributed by atoms with E-state index >= 15 is 0 Å². The lowest BCUT2D eigenvalue weighted by Crippen LogP contribution is -2.35. The van der Waals surface area contributed by atoms with Crippen LogP contribution in [0.25, 0.3) is 6.08 Å². The summed E-state index contributed by atoms with van der Waals surface area (Å²) in [6.45, 7) is 1.96.